The number of benzene rings is 4. The smallest absolute Gasteiger partial charge is 0.264 e. The lowest BCUT2D eigenvalue weighted by Gasteiger charge is -2.34. The Morgan fingerprint density at radius 1 is 0.844 bits per heavy atom. The van der Waals surface area contributed by atoms with Crippen LogP contribution in [0, 0.1) is 13.8 Å². The second-order valence-corrected chi connectivity index (χ2v) is 14.1. The van der Waals surface area contributed by atoms with Crippen LogP contribution in [0.2, 0.25) is 0 Å². The van der Waals surface area contributed by atoms with Gasteiger partial charge in [-0.2, -0.15) is 0 Å². The highest BCUT2D eigenvalue weighted by Crippen LogP contribution is 2.29. The standard InChI is InChI=1S/C36H40BrN3O4S/c1-5-28(4)38-36(42)34(23-29-12-8-6-9-13-29)39(24-30-18-20-31(37)21-19-30)35(41)25-40(33-22-26(2)16-17-27(33)3)45(43,44)32-14-10-7-11-15-32/h6-22,28,34H,5,23-25H2,1-4H3,(H,38,42)/t28-,34+/m0/s1. The average Bonchev–Trinajstić information content (AvgIpc) is 3.04. The van der Waals surface area contributed by atoms with Crippen molar-refractivity contribution in [1.82, 2.24) is 10.2 Å². The second-order valence-electron chi connectivity index (χ2n) is 11.3. The molecule has 0 radical (unpaired) electrons. The van der Waals surface area contributed by atoms with Gasteiger partial charge in [0, 0.05) is 23.5 Å². The molecule has 0 aromatic heterocycles. The van der Waals surface area contributed by atoms with Gasteiger partial charge in [-0.15, -0.1) is 0 Å². The molecule has 1 N–H and O–H groups in total. The number of hydrogen-bond acceptors (Lipinski definition) is 4. The van der Waals surface area contributed by atoms with Crippen LogP contribution in [0.1, 0.15) is 42.5 Å². The van der Waals surface area contributed by atoms with Gasteiger partial charge in [-0.05, 0) is 79.8 Å². The van der Waals surface area contributed by atoms with Crippen molar-refractivity contribution in [3.8, 4) is 0 Å². The molecule has 4 aromatic carbocycles. The molecule has 0 heterocycles. The number of carbonyl (C=O) groups excluding carboxylic acids is 2. The summed E-state index contributed by atoms with van der Waals surface area (Å²) in [5.74, 6) is -0.776. The van der Waals surface area contributed by atoms with Crippen LogP contribution >= 0.6 is 15.9 Å². The van der Waals surface area contributed by atoms with Crippen molar-refractivity contribution in [2.75, 3.05) is 10.8 Å². The highest BCUT2D eigenvalue weighted by molar-refractivity contribution is 9.10. The molecule has 2 amide bonds. The minimum atomic E-state index is -4.15. The first-order valence-corrected chi connectivity index (χ1v) is 17.3. The fourth-order valence-corrected chi connectivity index (χ4v) is 6.76. The Morgan fingerprint density at radius 3 is 2.09 bits per heavy atom. The number of halogens is 1. The number of nitrogens with one attached hydrogen (secondary N) is 1. The van der Waals surface area contributed by atoms with Gasteiger partial charge >= 0.3 is 0 Å². The van der Waals surface area contributed by atoms with Crippen molar-refractivity contribution < 1.29 is 18.0 Å². The summed E-state index contributed by atoms with van der Waals surface area (Å²) in [5, 5.41) is 3.07. The zero-order valence-corrected chi connectivity index (χ0v) is 28.5. The molecule has 2 atom stereocenters. The Balaban J connectivity index is 1.83. The highest BCUT2D eigenvalue weighted by Gasteiger charge is 2.35. The Kier molecular flexibility index (Phi) is 11.6. The van der Waals surface area contributed by atoms with Crippen LogP contribution in [0.4, 0.5) is 5.69 Å². The van der Waals surface area contributed by atoms with E-state index in [-0.39, 0.29) is 29.8 Å². The van der Waals surface area contributed by atoms with E-state index in [2.05, 4.69) is 21.2 Å². The van der Waals surface area contributed by atoms with E-state index in [0.29, 0.717) is 11.3 Å². The molecule has 0 aliphatic carbocycles. The first kappa shape index (κ1) is 33.9. The lowest BCUT2D eigenvalue weighted by Crippen LogP contribution is -2.54. The van der Waals surface area contributed by atoms with Gasteiger partial charge in [0.15, 0.2) is 0 Å². The van der Waals surface area contributed by atoms with Crippen molar-refractivity contribution in [3.05, 3.63) is 130 Å². The number of carbonyl (C=O) groups is 2. The summed E-state index contributed by atoms with van der Waals surface area (Å²) in [6, 6.07) is 29.7. The molecule has 0 aliphatic heterocycles. The average molecular weight is 691 g/mol. The largest absolute Gasteiger partial charge is 0.352 e. The maximum Gasteiger partial charge on any atom is 0.264 e. The van der Waals surface area contributed by atoms with Gasteiger partial charge in [0.1, 0.15) is 12.6 Å². The predicted octanol–water partition coefficient (Wildman–Crippen LogP) is 6.82. The molecule has 4 rings (SSSR count). The third-order valence-corrected chi connectivity index (χ3v) is 10.1. The zero-order valence-electron chi connectivity index (χ0n) is 26.1. The summed E-state index contributed by atoms with van der Waals surface area (Å²) in [7, 11) is -4.15. The van der Waals surface area contributed by atoms with Gasteiger partial charge in [0.2, 0.25) is 11.8 Å². The molecule has 236 valence electrons. The number of amides is 2. The lowest BCUT2D eigenvalue weighted by molar-refractivity contribution is -0.140. The van der Waals surface area contributed by atoms with Crippen LogP contribution in [-0.4, -0.2) is 43.8 Å². The van der Waals surface area contributed by atoms with Gasteiger partial charge in [0.05, 0.1) is 10.6 Å². The van der Waals surface area contributed by atoms with Crippen LogP contribution in [0.3, 0.4) is 0 Å². The van der Waals surface area contributed by atoms with Crippen molar-refractivity contribution in [2.45, 2.75) is 64.1 Å². The van der Waals surface area contributed by atoms with E-state index >= 15 is 0 Å². The number of aryl methyl sites for hydroxylation is 2. The Morgan fingerprint density at radius 2 is 1.47 bits per heavy atom. The fraction of sp³-hybridized carbons (Fsp3) is 0.278. The number of nitrogens with zero attached hydrogens (tertiary/aromatic N) is 2. The molecule has 4 aromatic rings. The van der Waals surface area contributed by atoms with E-state index in [1.54, 1.807) is 24.3 Å². The normalized spacial score (nSPS) is 12.6. The quantitative estimate of drug-likeness (QED) is 0.167. The van der Waals surface area contributed by atoms with E-state index in [1.165, 1.54) is 21.3 Å². The molecule has 0 bridgehead atoms. The van der Waals surface area contributed by atoms with Crippen molar-refractivity contribution in [2.24, 2.45) is 0 Å². The third-order valence-electron chi connectivity index (χ3n) is 7.78. The number of anilines is 1. The van der Waals surface area contributed by atoms with Gasteiger partial charge in [-0.1, -0.05) is 95.7 Å². The summed E-state index contributed by atoms with van der Waals surface area (Å²) in [4.78, 5) is 30.1. The molecular formula is C36H40BrN3O4S. The molecule has 0 saturated carbocycles. The minimum Gasteiger partial charge on any atom is -0.352 e. The SMILES string of the molecule is CC[C@H](C)NC(=O)[C@@H](Cc1ccccc1)N(Cc1ccc(Br)cc1)C(=O)CN(c1cc(C)ccc1C)S(=O)(=O)c1ccccc1. The summed E-state index contributed by atoms with van der Waals surface area (Å²) in [5.41, 5.74) is 3.68. The van der Waals surface area contributed by atoms with Crippen molar-refractivity contribution in [1.29, 1.82) is 0 Å². The van der Waals surface area contributed by atoms with E-state index in [9.17, 15) is 18.0 Å². The minimum absolute atomic E-state index is 0.0773. The Hall–Kier alpha value is -3.95. The molecule has 0 spiro atoms. The summed E-state index contributed by atoms with van der Waals surface area (Å²) in [6.07, 6.45) is 0.987. The maximum atomic E-state index is 14.6. The first-order valence-electron chi connectivity index (χ1n) is 15.0. The Labute approximate surface area is 275 Å². The van der Waals surface area contributed by atoms with E-state index in [1.807, 2.05) is 94.4 Å². The molecule has 0 unspecified atom stereocenters. The predicted molar refractivity (Wildman–Crippen MR) is 183 cm³/mol. The topological polar surface area (TPSA) is 86.8 Å². The van der Waals surface area contributed by atoms with Crippen LogP contribution in [0.5, 0.6) is 0 Å². The number of sulfonamides is 1. The number of hydrogen-bond donors (Lipinski definition) is 1. The van der Waals surface area contributed by atoms with Gasteiger partial charge in [-0.3, -0.25) is 13.9 Å². The van der Waals surface area contributed by atoms with Gasteiger partial charge in [-0.25, -0.2) is 8.42 Å². The molecule has 45 heavy (non-hydrogen) atoms. The van der Waals surface area contributed by atoms with E-state index in [0.717, 1.165) is 27.6 Å². The lowest BCUT2D eigenvalue weighted by atomic mass is 10.0. The van der Waals surface area contributed by atoms with E-state index < -0.39 is 28.5 Å². The second kappa shape index (κ2) is 15.4. The van der Waals surface area contributed by atoms with Crippen molar-refractivity contribution in [3.63, 3.8) is 0 Å². The summed E-state index contributed by atoms with van der Waals surface area (Å²) < 4.78 is 30.5. The summed E-state index contributed by atoms with van der Waals surface area (Å²) in [6.45, 7) is 7.24. The summed E-state index contributed by atoms with van der Waals surface area (Å²) >= 11 is 3.47. The molecule has 0 fully saturated rings. The van der Waals surface area contributed by atoms with Crippen LogP contribution in [0.25, 0.3) is 0 Å². The molecule has 0 aliphatic rings. The maximum absolute atomic E-state index is 14.6. The van der Waals surface area contributed by atoms with Crippen molar-refractivity contribution >= 4 is 43.5 Å². The zero-order chi connectivity index (χ0) is 32.6. The molecule has 9 heteroatoms. The van der Waals surface area contributed by atoms with Crippen LogP contribution < -0.4 is 9.62 Å². The van der Waals surface area contributed by atoms with E-state index in [4.69, 9.17) is 0 Å². The van der Waals surface area contributed by atoms with Crippen LogP contribution in [0.15, 0.2) is 112 Å². The van der Waals surface area contributed by atoms with Gasteiger partial charge < -0.3 is 10.2 Å². The molecule has 7 nitrogen and oxygen atoms in total. The monoisotopic (exact) mass is 689 g/mol. The highest BCUT2D eigenvalue weighted by atomic mass is 79.9. The third kappa shape index (κ3) is 8.83. The number of rotatable bonds is 13. The Bertz CT molecular complexity index is 1700. The first-order chi connectivity index (χ1) is 21.5. The van der Waals surface area contributed by atoms with Crippen LogP contribution in [-0.2, 0) is 32.6 Å². The molecule has 0 saturated heterocycles. The fourth-order valence-electron chi connectivity index (χ4n) is 5.00. The molecular weight excluding hydrogens is 650 g/mol. The van der Waals surface area contributed by atoms with Gasteiger partial charge in [0.25, 0.3) is 10.0 Å².